The lowest BCUT2D eigenvalue weighted by Gasteiger charge is -2.33. The van der Waals surface area contributed by atoms with Gasteiger partial charge in [0.25, 0.3) is 0 Å². The Labute approximate surface area is 115 Å². The first-order valence-electron chi connectivity index (χ1n) is 7.03. The van der Waals surface area contributed by atoms with Crippen LogP contribution in [0.5, 0.6) is 0 Å². The van der Waals surface area contributed by atoms with Gasteiger partial charge in [-0.2, -0.15) is 0 Å². The van der Waals surface area contributed by atoms with Gasteiger partial charge in [0.15, 0.2) is 0 Å². The second-order valence-electron chi connectivity index (χ2n) is 6.49. The first-order chi connectivity index (χ1) is 8.97. The summed E-state index contributed by atoms with van der Waals surface area (Å²) in [6.45, 7) is 9.31. The van der Waals surface area contributed by atoms with Gasteiger partial charge >= 0.3 is 0 Å². The van der Waals surface area contributed by atoms with E-state index < -0.39 is 0 Å². The molecule has 1 aromatic carbocycles. The lowest BCUT2D eigenvalue weighted by molar-refractivity contribution is 0.181. The highest BCUT2D eigenvalue weighted by Crippen LogP contribution is 2.33. The molecule has 2 unspecified atom stereocenters. The predicted octanol–water partition coefficient (Wildman–Crippen LogP) is 3.54. The lowest BCUT2D eigenvalue weighted by atomic mass is 9.82. The van der Waals surface area contributed by atoms with Gasteiger partial charge in [-0.25, -0.2) is 4.39 Å². The Balaban J connectivity index is 2.05. The largest absolute Gasteiger partial charge is 0.381 e. The molecule has 0 aromatic heterocycles. The zero-order valence-electron chi connectivity index (χ0n) is 12.1. The molecule has 0 amide bonds. The van der Waals surface area contributed by atoms with Crippen molar-refractivity contribution >= 4 is 0 Å². The fourth-order valence-corrected chi connectivity index (χ4v) is 2.61. The Morgan fingerprint density at radius 2 is 2.00 bits per heavy atom. The number of benzene rings is 1. The molecule has 2 atom stereocenters. The van der Waals surface area contributed by atoms with Gasteiger partial charge in [0.1, 0.15) is 5.82 Å². The first-order valence-corrected chi connectivity index (χ1v) is 7.03. The molecule has 0 saturated carbocycles. The molecule has 0 bridgehead atoms. The summed E-state index contributed by atoms with van der Waals surface area (Å²) < 4.78 is 18.4. The third-order valence-corrected chi connectivity index (χ3v) is 3.70. The molecule has 1 heterocycles. The van der Waals surface area contributed by atoms with Crippen LogP contribution in [0.15, 0.2) is 24.3 Å². The monoisotopic (exact) mass is 265 g/mol. The van der Waals surface area contributed by atoms with Crippen LogP contribution in [0.25, 0.3) is 0 Å². The number of nitrogens with one attached hydrogen (secondary N) is 1. The van der Waals surface area contributed by atoms with Gasteiger partial charge in [-0.15, -0.1) is 0 Å². The molecule has 0 aliphatic carbocycles. The molecule has 19 heavy (non-hydrogen) atoms. The van der Waals surface area contributed by atoms with E-state index in [1.165, 1.54) is 12.1 Å². The second-order valence-corrected chi connectivity index (χ2v) is 6.49. The molecule has 106 valence electrons. The average molecular weight is 265 g/mol. The van der Waals surface area contributed by atoms with Crippen molar-refractivity contribution < 1.29 is 9.13 Å². The van der Waals surface area contributed by atoms with Crippen LogP contribution in [0.2, 0.25) is 0 Å². The fraction of sp³-hybridized carbons (Fsp3) is 0.625. The summed E-state index contributed by atoms with van der Waals surface area (Å²) in [5.41, 5.74) is 1.24. The van der Waals surface area contributed by atoms with E-state index >= 15 is 0 Å². The van der Waals surface area contributed by atoms with Crippen molar-refractivity contribution in [3.8, 4) is 0 Å². The predicted molar refractivity (Wildman–Crippen MR) is 75.5 cm³/mol. The fourth-order valence-electron chi connectivity index (χ4n) is 2.61. The number of hydrogen-bond donors (Lipinski definition) is 1. The van der Waals surface area contributed by atoms with Crippen molar-refractivity contribution in [2.75, 3.05) is 19.8 Å². The van der Waals surface area contributed by atoms with Crippen molar-refractivity contribution in [1.82, 2.24) is 5.32 Å². The molecule has 2 nitrogen and oxygen atoms in total. The van der Waals surface area contributed by atoms with E-state index in [9.17, 15) is 4.39 Å². The Hall–Kier alpha value is -0.930. The van der Waals surface area contributed by atoms with E-state index in [-0.39, 0.29) is 17.3 Å². The van der Waals surface area contributed by atoms with Crippen molar-refractivity contribution in [1.29, 1.82) is 0 Å². The summed E-state index contributed by atoms with van der Waals surface area (Å²) in [4.78, 5) is 0. The van der Waals surface area contributed by atoms with Gasteiger partial charge < -0.3 is 10.1 Å². The molecule has 0 spiro atoms. The second kappa shape index (κ2) is 6.02. The molecule has 2 rings (SSSR count). The first kappa shape index (κ1) is 14.5. The molecule has 0 radical (unpaired) electrons. The van der Waals surface area contributed by atoms with E-state index in [1.807, 2.05) is 12.1 Å². The Morgan fingerprint density at radius 1 is 1.32 bits per heavy atom. The molecule has 1 aromatic rings. The number of hydrogen-bond acceptors (Lipinski definition) is 2. The Bertz CT molecular complexity index is 390. The van der Waals surface area contributed by atoms with Gasteiger partial charge in [-0.1, -0.05) is 32.9 Å². The van der Waals surface area contributed by atoms with E-state index in [0.717, 1.165) is 31.7 Å². The Kier molecular flexibility index (Phi) is 4.58. The maximum Gasteiger partial charge on any atom is 0.123 e. The van der Waals surface area contributed by atoms with Gasteiger partial charge in [0, 0.05) is 19.2 Å². The summed E-state index contributed by atoms with van der Waals surface area (Å²) in [7, 11) is 0. The van der Waals surface area contributed by atoms with Crippen molar-refractivity contribution in [2.45, 2.75) is 33.2 Å². The summed E-state index contributed by atoms with van der Waals surface area (Å²) in [6, 6.07) is 7.06. The van der Waals surface area contributed by atoms with Crippen LogP contribution in [-0.2, 0) is 4.74 Å². The highest BCUT2D eigenvalue weighted by atomic mass is 19.1. The minimum atomic E-state index is -0.180. The summed E-state index contributed by atoms with van der Waals surface area (Å²) >= 11 is 0. The number of ether oxygens (including phenoxy) is 1. The van der Waals surface area contributed by atoms with Crippen LogP contribution in [-0.4, -0.2) is 19.8 Å². The lowest BCUT2D eigenvalue weighted by Crippen LogP contribution is -2.35. The standard InChI is InChI=1S/C16H24FNO/c1-16(2,3)15(13-4-6-14(17)7-5-13)18-10-12-8-9-19-11-12/h4-7,12,15,18H,8-11H2,1-3H3. The van der Waals surface area contributed by atoms with Crippen LogP contribution in [0.3, 0.4) is 0 Å². The van der Waals surface area contributed by atoms with E-state index in [2.05, 4.69) is 26.1 Å². The molecular formula is C16H24FNO. The summed E-state index contributed by atoms with van der Waals surface area (Å²) in [5.74, 6) is 0.422. The average Bonchev–Trinajstić information content (AvgIpc) is 2.83. The smallest absolute Gasteiger partial charge is 0.123 e. The zero-order chi connectivity index (χ0) is 13.9. The summed E-state index contributed by atoms with van der Waals surface area (Å²) in [6.07, 6.45) is 1.13. The summed E-state index contributed by atoms with van der Waals surface area (Å²) in [5, 5.41) is 3.63. The molecule has 1 saturated heterocycles. The van der Waals surface area contributed by atoms with Crippen LogP contribution in [0.1, 0.15) is 38.8 Å². The highest BCUT2D eigenvalue weighted by Gasteiger charge is 2.27. The minimum absolute atomic E-state index is 0.0945. The number of halogens is 1. The maximum atomic E-state index is 13.0. The van der Waals surface area contributed by atoms with E-state index in [4.69, 9.17) is 4.74 Å². The third-order valence-electron chi connectivity index (χ3n) is 3.70. The minimum Gasteiger partial charge on any atom is -0.381 e. The van der Waals surface area contributed by atoms with Crippen LogP contribution in [0, 0.1) is 17.2 Å². The highest BCUT2D eigenvalue weighted by molar-refractivity contribution is 5.21. The normalized spacial score (nSPS) is 21.6. The van der Waals surface area contributed by atoms with Gasteiger partial charge in [-0.3, -0.25) is 0 Å². The van der Waals surface area contributed by atoms with Gasteiger partial charge in [-0.05, 0) is 35.4 Å². The third kappa shape index (κ3) is 4.02. The van der Waals surface area contributed by atoms with E-state index in [1.54, 1.807) is 0 Å². The van der Waals surface area contributed by atoms with Crippen molar-refractivity contribution in [2.24, 2.45) is 11.3 Å². The van der Waals surface area contributed by atoms with Gasteiger partial charge in [0.2, 0.25) is 0 Å². The van der Waals surface area contributed by atoms with Gasteiger partial charge in [0.05, 0.1) is 6.61 Å². The Morgan fingerprint density at radius 3 is 2.53 bits per heavy atom. The topological polar surface area (TPSA) is 21.3 Å². The SMILES string of the molecule is CC(C)(C)C(NCC1CCOC1)c1ccc(F)cc1. The zero-order valence-corrected chi connectivity index (χ0v) is 12.1. The quantitative estimate of drug-likeness (QED) is 0.899. The van der Waals surface area contributed by atoms with Crippen LogP contribution < -0.4 is 5.32 Å². The molecule has 1 aliphatic heterocycles. The molecule has 1 N–H and O–H groups in total. The van der Waals surface area contributed by atoms with E-state index in [0.29, 0.717) is 5.92 Å². The maximum absolute atomic E-state index is 13.0. The molecular weight excluding hydrogens is 241 g/mol. The molecule has 1 fully saturated rings. The van der Waals surface area contributed by atoms with Crippen LogP contribution in [0.4, 0.5) is 4.39 Å². The molecule has 1 aliphatic rings. The number of rotatable bonds is 4. The van der Waals surface area contributed by atoms with Crippen molar-refractivity contribution in [3.63, 3.8) is 0 Å². The van der Waals surface area contributed by atoms with Crippen LogP contribution >= 0.6 is 0 Å². The molecule has 3 heteroatoms. The van der Waals surface area contributed by atoms with Crippen molar-refractivity contribution in [3.05, 3.63) is 35.6 Å².